The third-order valence-electron chi connectivity index (χ3n) is 2.73. The van der Waals surface area contributed by atoms with E-state index in [-0.39, 0.29) is 5.56 Å². The van der Waals surface area contributed by atoms with Crippen molar-refractivity contribution in [2.24, 2.45) is 0 Å². The van der Waals surface area contributed by atoms with Crippen molar-refractivity contribution >= 4 is 5.97 Å². The number of rotatable bonds is 3. The lowest BCUT2D eigenvalue weighted by Crippen LogP contribution is -2.02. The molecule has 18 heavy (non-hydrogen) atoms. The summed E-state index contributed by atoms with van der Waals surface area (Å²) in [5.41, 5.74) is 1.76. The molecule has 3 heteroatoms. The molecule has 0 aliphatic rings. The van der Waals surface area contributed by atoms with Crippen LogP contribution in [-0.4, -0.2) is 11.1 Å². The zero-order valence-corrected chi connectivity index (χ0v) is 9.58. The third kappa shape index (κ3) is 2.38. The van der Waals surface area contributed by atoms with E-state index in [2.05, 4.69) is 6.07 Å². The minimum absolute atomic E-state index is 0.198. The quantitative estimate of drug-likeness (QED) is 0.892. The highest BCUT2D eigenvalue weighted by atomic mass is 16.4. The number of carboxylic acids is 1. The molecule has 88 valence electrons. The van der Waals surface area contributed by atoms with E-state index in [9.17, 15) is 10.1 Å². The molecule has 0 aliphatic heterocycles. The van der Waals surface area contributed by atoms with Crippen LogP contribution >= 0.6 is 0 Å². The highest BCUT2D eigenvalue weighted by molar-refractivity contribution is 5.87. The maximum absolute atomic E-state index is 10.9. The molecular formula is C15H11NO2. The molecule has 1 atom stereocenters. The van der Waals surface area contributed by atoms with Crippen LogP contribution in [0.15, 0.2) is 54.6 Å². The normalized spacial score (nSPS) is 11.5. The number of aromatic carboxylic acids is 1. The molecule has 0 bridgehead atoms. The molecule has 0 aliphatic carbocycles. The zero-order chi connectivity index (χ0) is 13.0. The third-order valence-corrected chi connectivity index (χ3v) is 2.73. The van der Waals surface area contributed by atoms with Crippen LogP contribution in [0.4, 0.5) is 0 Å². The number of carbonyl (C=O) groups is 1. The van der Waals surface area contributed by atoms with E-state index in [1.807, 2.05) is 30.3 Å². The Morgan fingerprint density at radius 2 is 1.72 bits per heavy atom. The van der Waals surface area contributed by atoms with Gasteiger partial charge in [0.05, 0.1) is 17.6 Å². The average Bonchev–Trinajstić information content (AvgIpc) is 2.41. The van der Waals surface area contributed by atoms with Gasteiger partial charge >= 0.3 is 5.97 Å². The number of hydrogen-bond acceptors (Lipinski definition) is 2. The molecule has 0 saturated heterocycles. The standard InChI is InChI=1S/C15H11NO2/c16-10-14(11-5-2-1-3-6-11)12-7-4-8-13(9-12)15(17)18/h1-9,14H,(H,17,18)/t14-/m1/s1. The fourth-order valence-electron chi connectivity index (χ4n) is 1.84. The van der Waals surface area contributed by atoms with E-state index in [0.717, 1.165) is 5.56 Å². The number of carboxylic acid groups (broad SMARTS) is 1. The first-order chi connectivity index (χ1) is 8.72. The summed E-state index contributed by atoms with van der Waals surface area (Å²) in [5.74, 6) is -1.42. The van der Waals surface area contributed by atoms with Gasteiger partial charge in [-0.3, -0.25) is 0 Å². The van der Waals surface area contributed by atoms with Crippen molar-refractivity contribution < 1.29 is 9.90 Å². The van der Waals surface area contributed by atoms with Crippen LogP contribution in [0.25, 0.3) is 0 Å². The predicted molar refractivity (Wildman–Crippen MR) is 67.3 cm³/mol. The summed E-state index contributed by atoms with van der Waals surface area (Å²) in [6.45, 7) is 0. The molecule has 0 radical (unpaired) electrons. The molecule has 0 unspecified atom stereocenters. The van der Waals surface area contributed by atoms with Crippen molar-refractivity contribution in [2.75, 3.05) is 0 Å². The van der Waals surface area contributed by atoms with E-state index in [0.29, 0.717) is 5.56 Å². The molecule has 0 spiro atoms. The van der Waals surface area contributed by atoms with Gasteiger partial charge in [-0.25, -0.2) is 4.79 Å². The maximum atomic E-state index is 10.9. The van der Waals surface area contributed by atoms with Crippen molar-refractivity contribution in [2.45, 2.75) is 5.92 Å². The first-order valence-electron chi connectivity index (χ1n) is 5.50. The Kier molecular flexibility index (Phi) is 3.40. The fraction of sp³-hybridized carbons (Fsp3) is 0.0667. The van der Waals surface area contributed by atoms with Gasteiger partial charge in [0.2, 0.25) is 0 Å². The highest BCUT2D eigenvalue weighted by Gasteiger charge is 2.14. The summed E-state index contributed by atoms with van der Waals surface area (Å²) in [6.07, 6.45) is 0. The minimum Gasteiger partial charge on any atom is -0.478 e. The van der Waals surface area contributed by atoms with E-state index < -0.39 is 11.9 Å². The van der Waals surface area contributed by atoms with Gasteiger partial charge < -0.3 is 5.11 Å². The van der Waals surface area contributed by atoms with Gasteiger partial charge in [0.25, 0.3) is 0 Å². The van der Waals surface area contributed by atoms with Crippen molar-refractivity contribution in [1.82, 2.24) is 0 Å². The lowest BCUT2D eigenvalue weighted by molar-refractivity contribution is 0.0697. The monoisotopic (exact) mass is 237 g/mol. The van der Waals surface area contributed by atoms with Crippen LogP contribution in [0.3, 0.4) is 0 Å². The van der Waals surface area contributed by atoms with Gasteiger partial charge in [0, 0.05) is 0 Å². The molecule has 0 aromatic heterocycles. The number of benzene rings is 2. The fourth-order valence-corrected chi connectivity index (χ4v) is 1.84. The molecule has 0 heterocycles. The van der Waals surface area contributed by atoms with E-state index in [1.165, 1.54) is 6.07 Å². The van der Waals surface area contributed by atoms with Crippen LogP contribution in [0, 0.1) is 11.3 Å². The SMILES string of the molecule is N#C[C@H](c1ccccc1)c1cccc(C(=O)O)c1. The summed E-state index contributed by atoms with van der Waals surface area (Å²) >= 11 is 0. The Morgan fingerprint density at radius 3 is 2.33 bits per heavy atom. The number of nitrogens with zero attached hydrogens (tertiary/aromatic N) is 1. The van der Waals surface area contributed by atoms with E-state index in [1.54, 1.807) is 18.2 Å². The van der Waals surface area contributed by atoms with Crippen molar-refractivity contribution in [1.29, 1.82) is 5.26 Å². The van der Waals surface area contributed by atoms with Gasteiger partial charge in [-0.05, 0) is 23.3 Å². The molecule has 3 nitrogen and oxygen atoms in total. The summed E-state index contributed by atoms with van der Waals surface area (Å²) in [4.78, 5) is 10.9. The lowest BCUT2D eigenvalue weighted by Gasteiger charge is -2.10. The van der Waals surface area contributed by atoms with E-state index >= 15 is 0 Å². The van der Waals surface area contributed by atoms with Crippen molar-refractivity contribution in [3.05, 3.63) is 71.3 Å². The summed E-state index contributed by atoms with van der Waals surface area (Å²) in [6, 6.07) is 18.0. The van der Waals surface area contributed by atoms with Crippen LogP contribution in [0.1, 0.15) is 27.4 Å². The molecule has 0 amide bonds. The minimum atomic E-state index is -0.985. The van der Waals surface area contributed by atoms with Gasteiger partial charge in [0.15, 0.2) is 0 Å². The second-order valence-electron chi connectivity index (χ2n) is 3.90. The molecule has 2 rings (SSSR count). The summed E-state index contributed by atoms with van der Waals surface area (Å²) in [7, 11) is 0. The Hall–Kier alpha value is -2.60. The van der Waals surface area contributed by atoms with Crippen LogP contribution in [0.5, 0.6) is 0 Å². The Morgan fingerprint density at radius 1 is 1.06 bits per heavy atom. The molecule has 2 aromatic rings. The Bertz CT molecular complexity index is 599. The zero-order valence-electron chi connectivity index (χ0n) is 9.58. The highest BCUT2D eigenvalue weighted by Crippen LogP contribution is 2.24. The van der Waals surface area contributed by atoms with Gasteiger partial charge in [-0.15, -0.1) is 0 Å². The smallest absolute Gasteiger partial charge is 0.335 e. The number of nitriles is 1. The summed E-state index contributed by atoms with van der Waals surface area (Å²) in [5, 5.41) is 18.2. The topological polar surface area (TPSA) is 61.1 Å². The molecule has 0 saturated carbocycles. The largest absolute Gasteiger partial charge is 0.478 e. The maximum Gasteiger partial charge on any atom is 0.335 e. The molecule has 1 N–H and O–H groups in total. The predicted octanol–water partition coefficient (Wildman–Crippen LogP) is 3.04. The van der Waals surface area contributed by atoms with Crippen molar-refractivity contribution in [3.8, 4) is 6.07 Å². The van der Waals surface area contributed by atoms with Crippen LogP contribution in [-0.2, 0) is 0 Å². The number of hydrogen-bond donors (Lipinski definition) is 1. The summed E-state index contributed by atoms with van der Waals surface area (Å²) < 4.78 is 0. The van der Waals surface area contributed by atoms with Crippen molar-refractivity contribution in [3.63, 3.8) is 0 Å². The molecule has 0 fully saturated rings. The van der Waals surface area contributed by atoms with Crippen LogP contribution in [0.2, 0.25) is 0 Å². The first kappa shape index (κ1) is 11.9. The average molecular weight is 237 g/mol. The van der Waals surface area contributed by atoms with E-state index in [4.69, 9.17) is 5.11 Å². The lowest BCUT2D eigenvalue weighted by atomic mass is 9.92. The van der Waals surface area contributed by atoms with Gasteiger partial charge in [-0.1, -0.05) is 42.5 Å². The second-order valence-corrected chi connectivity index (χ2v) is 3.90. The Balaban J connectivity index is 2.44. The van der Waals surface area contributed by atoms with Gasteiger partial charge in [0.1, 0.15) is 0 Å². The van der Waals surface area contributed by atoms with Gasteiger partial charge in [-0.2, -0.15) is 5.26 Å². The molecular weight excluding hydrogens is 226 g/mol. The van der Waals surface area contributed by atoms with Crippen LogP contribution < -0.4 is 0 Å². The molecule has 2 aromatic carbocycles. The second kappa shape index (κ2) is 5.15. The Labute approximate surface area is 105 Å². The first-order valence-corrected chi connectivity index (χ1v) is 5.50.